The minimum absolute atomic E-state index is 0.287. The van der Waals surface area contributed by atoms with Crippen molar-refractivity contribution in [2.45, 2.75) is 46.3 Å². The molecule has 0 bridgehead atoms. The summed E-state index contributed by atoms with van der Waals surface area (Å²) in [6.45, 7) is 8.72. The highest BCUT2D eigenvalue weighted by Gasteiger charge is 2.23. The van der Waals surface area contributed by atoms with Gasteiger partial charge in [0.1, 0.15) is 17.3 Å². The Hall–Kier alpha value is -1.91. The van der Waals surface area contributed by atoms with Gasteiger partial charge in [0.05, 0.1) is 0 Å². The van der Waals surface area contributed by atoms with Crippen LogP contribution in [0.1, 0.15) is 43.9 Å². The normalized spacial score (nSPS) is 12.7. The van der Waals surface area contributed by atoms with Gasteiger partial charge >= 0.3 is 5.97 Å². The smallest absolute Gasteiger partial charge is 0.328 e. The van der Waals surface area contributed by atoms with Crippen molar-refractivity contribution in [3.05, 3.63) is 29.6 Å². The van der Waals surface area contributed by atoms with E-state index in [1.165, 1.54) is 0 Å². The lowest BCUT2D eigenvalue weighted by Crippen LogP contribution is -2.42. The van der Waals surface area contributed by atoms with Gasteiger partial charge in [0.25, 0.3) is 5.91 Å². The molecule has 0 aliphatic heterocycles. The van der Waals surface area contributed by atoms with Gasteiger partial charge in [0, 0.05) is 5.69 Å². The van der Waals surface area contributed by atoms with Gasteiger partial charge in [-0.2, -0.15) is 0 Å². The van der Waals surface area contributed by atoms with E-state index in [-0.39, 0.29) is 11.6 Å². The molecule has 19 heavy (non-hydrogen) atoms. The number of ether oxygens (including phenoxy) is 1. The van der Waals surface area contributed by atoms with Crippen LogP contribution in [-0.4, -0.2) is 28.5 Å². The van der Waals surface area contributed by atoms with Crippen LogP contribution in [0.4, 0.5) is 0 Å². The summed E-state index contributed by atoms with van der Waals surface area (Å²) in [7, 11) is 0. The van der Waals surface area contributed by atoms with Crippen molar-refractivity contribution in [2.24, 2.45) is 0 Å². The Kier molecular flexibility index (Phi) is 4.64. The van der Waals surface area contributed by atoms with Gasteiger partial charge < -0.3 is 10.1 Å². The lowest BCUT2D eigenvalue weighted by Gasteiger charge is -2.22. The molecule has 0 aliphatic rings. The summed E-state index contributed by atoms with van der Waals surface area (Å²) in [6, 6.07) is 4.43. The van der Waals surface area contributed by atoms with E-state index >= 15 is 0 Å². The standard InChI is InChI=1S/C14H20N2O3/c1-9-7-6-8-11(15-9)12(17)16-10(2)13(18)19-14(3,4)5/h6-8,10H,1-5H3,(H,16,17)/t10-/m1/s1. The Labute approximate surface area is 113 Å². The molecule has 0 spiro atoms. The Morgan fingerprint density at radius 1 is 1.32 bits per heavy atom. The van der Waals surface area contributed by atoms with Crippen LogP contribution < -0.4 is 5.32 Å². The SMILES string of the molecule is Cc1cccc(C(=O)N[C@H](C)C(=O)OC(C)(C)C)n1. The molecule has 1 atom stereocenters. The van der Waals surface area contributed by atoms with Gasteiger partial charge in [-0.3, -0.25) is 4.79 Å². The molecule has 0 unspecified atom stereocenters. The second kappa shape index (κ2) is 5.82. The third-order valence-electron chi connectivity index (χ3n) is 2.23. The monoisotopic (exact) mass is 264 g/mol. The molecule has 1 aromatic heterocycles. The number of nitrogens with zero attached hydrogens (tertiary/aromatic N) is 1. The zero-order valence-electron chi connectivity index (χ0n) is 12.0. The largest absolute Gasteiger partial charge is 0.458 e. The number of hydrogen-bond donors (Lipinski definition) is 1. The summed E-state index contributed by atoms with van der Waals surface area (Å²) in [4.78, 5) is 27.7. The highest BCUT2D eigenvalue weighted by atomic mass is 16.6. The van der Waals surface area contributed by atoms with Crippen LogP contribution in [0, 0.1) is 6.92 Å². The molecule has 1 heterocycles. The number of rotatable bonds is 3. The molecule has 5 heteroatoms. The van der Waals surface area contributed by atoms with E-state index in [2.05, 4.69) is 10.3 Å². The molecular formula is C14H20N2O3. The van der Waals surface area contributed by atoms with E-state index in [0.29, 0.717) is 0 Å². The van der Waals surface area contributed by atoms with Crippen LogP contribution >= 0.6 is 0 Å². The first-order valence-corrected chi connectivity index (χ1v) is 6.16. The highest BCUT2D eigenvalue weighted by Crippen LogP contribution is 2.08. The zero-order valence-corrected chi connectivity index (χ0v) is 12.0. The Morgan fingerprint density at radius 2 is 1.95 bits per heavy atom. The first kappa shape index (κ1) is 15.1. The summed E-state index contributed by atoms with van der Waals surface area (Å²) in [5, 5.41) is 2.57. The van der Waals surface area contributed by atoms with E-state index in [1.54, 1.807) is 52.8 Å². The van der Waals surface area contributed by atoms with E-state index in [9.17, 15) is 9.59 Å². The number of aromatic nitrogens is 1. The number of esters is 1. The number of carbonyl (C=O) groups is 2. The van der Waals surface area contributed by atoms with Crippen LogP contribution in [0.25, 0.3) is 0 Å². The minimum Gasteiger partial charge on any atom is -0.458 e. The quantitative estimate of drug-likeness (QED) is 0.846. The molecule has 1 amide bonds. The number of aryl methyl sites for hydroxylation is 1. The van der Waals surface area contributed by atoms with Crippen molar-refractivity contribution in [2.75, 3.05) is 0 Å². The maximum Gasteiger partial charge on any atom is 0.328 e. The molecule has 0 aromatic carbocycles. The third-order valence-corrected chi connectivity index (χ3v) is 2.23. The first-order chi connectivity index (χ1) is 8.69. The molecule has 1 rings (SSSR count). The van der Waals surface area contributed by atoms with Crippen LogP contribution in [-0.2, 0) is 9.53 Å². The Morgan fingerprint density at radius 3 is 2.47 bits per heavy atom. The fourth-order valence-electron chi connectivity index (χ4n) is 1.39. The second-order valence-corrected chi connectivity index (χ2v) is 5.39. The lowest BCUT2D eigenvalue weighted by molar-refractivity contribution is -0.156. The fourth-order valence-corrected chi connectivity index (χ4v) is 1.39. The predicted molar refractivity (Wildman–Crippen MR) is 71.7 cm³/mol. The van der Waals surface area contributed by atoms with Crippen LogP contribution in [0.5, 0.6) is 0 Å². The van der Waals surface area contributed by atoms with E-state index in [0.717, 1.165) is 5.69 Å². The lowest BCUT2D eigenvalue weighted by atomic mass is 10.2. The highest BCUT2D eigenvalue weighted by molar-refractivity contribution is 5.95. The maximum atomic E-state index is 11.9. The molecule has 0 saturated carbocycles. The van der Waals surface area contributed by atoms with E-state index in [1.807, 2.05) is 0 Å². The number of carbonyl (C=O) groups excluding carboxylic acids is 2. The number of pyridine rings is 1. The molecule has 0 aliphatic carbocycles. The molecule has 0 fully saturated rings. The maximum absolute atomic E-state index is 11.9. The summed E-state index contributed by atoms with van der Waals surface area (Å²) in [5.74, 6) is -0.851. The van der Waals surface area contributed by atoms with Crippen LogP contribution in [0.2, 0.25) is 0 Å². The third kappa shape index (κ3) is 5.07. The zero-order chi connectivity index (χ0) is 14.6. The molecule has 104 valence electrons. The number of amides is 1. The average molecular weight is 264 g/mol. The van der Waals surface area contributed by atoms with Crippen molar-refractivity contribution in [1.29, 1.82) is 0 Å². The second-order valence-electron chi connectivity index (χ2n) is 5.39. The summed E-state index contributed by atoms with van der Waals surface area (Å²) >= 11 is 0. The van der Waals surface area contributed by atoms with Crippen molar-refractivity contribution < 1.29 is 14.3 Å². The fraction of sp³-hybridized carbons (Fsp3) is 0.500. The predicted octanol–water partition coefficient (Wildman–Crippen LogP) is 1.85. The van der Waals surface area contributed by atoms with E-state index < -0.39 is 17.6 Å². The minimum atomic E-state index is -0.714. The van der Waals surface area contributed by atoms with Gasteiger partial charge in [0.2, 0.25) is 0 Å². The van der Waals surface area contributed by atoms with Crippen molar-refractivity contribution in [3.8, 4) is 0 Å². The van der Waals surface area contributed by atoms with Crippen molar-refractivity contribution in [1.82, 2.24) is 10.3 Å². The molecule has 0 saturated heterocycles. The first-order valence-electron chi connectivity index (χ1n) is 6.16. The molecule has 1 N–H and O–H groups in total. The van der Waals surface area contributed by atoms with Gasteiger partial charge in [-0.25, -0.2) is 9.78 Å². The van der Waals surface area contributed by atoms with Crippen molar-refractivity contribution in [3.63, 3.8) is 0 Å². The molecule has 0 radical (unpaired) electrons. The van der Waals surface area contributed by atoms with Crippen molar-refractivity contribution >= 4 is 11.9 Å². The van der Waals surface area contributed by atoms with E-state index in [4.69, 9.17) is 4.74 Å². The molecular weight excluding hydrogens is 244 g/mol. The topological polar surface area (TPSA) is 68.3 Å². The van der Waals surface area contributed by atoms with Gasteiger partial charge in [0.15, 0.2) is 0 Å². The Bertz CT molecular complexity index is 478. The Balaban J connectivity index is 2.64. The molecule has 1 aromatic rings. The van der Waals surface area contributed by atoms with Gasteiger partial charge in [-0.1, -0.05) is 6.07 Å². The van der Waals surface area contributed by atoms with Gasteiger partial charge in [-0.05, 0) is 46.8 Å². The molecule has 5 nitrogen and oxygen atoms in total. The summed E-state index contributed by atoms with van der Waals surface area (Å²) < 4.78 is 5.19. The summed E-state index contributed by atoms with van der Waals surface area (Å²) in [6.07, 6.45) is 0. The van der Waals surface area contributed by atoms with Crippen LogP contribution in [0.15, 0.2) is 18.2 Å². The van der Waals surface area contributed by atoms with Gasteiger partial charge in [-0.15, -0.1) is 0 Å². The number of nitrogens with one attached hydrogen (secondary N) is 1. The average Bonchev–Trinajstić information content (AvgIpc) is 2.26. The van der Waals surface area contributed by atoms with Crippen LogP contribution in [0.3, 0.4) is 0 Å². The summed E-state index contributed by atoms with van der Waals surface area (Å²) in [5.41, 5.74) is 0.463. The number of hydrogen-bond acceptors (Lipinski definition) is 4.